The number of carbonyl (C=O) groups excluding carboxylic acids is 1. The van der Waals surface area contributed by atoms with Crippen LogP contribution in [0.3, 0.4) is 0 Å². The summed E-state index contributed by atoms with van der Waals surface area (Å²) in [5, 5.41) is 6.65. The van der Waals surface area contributed by atoms with Crippen molar-refractivity contribution in [1.82, 2.24) is 9.78 Å². The first-order chi connectivity index (χ1) is 9.41. The molecule has 6 nitrogen and oxygen atoms in total. The lowest BCUT2D eigenvalue weighted by atomic mass is 10.3. The first-order valence-electron chi connectivity index (χ1n) is 6.05. The molecule has 0 aliphatic rings. The number of hydrogen-bond donors (Lipinski definition) is 1. The number of sulfone groups is 1. The average Bonchev–Trinajstić information content (AvgIpc) is 2.87. The van der Waals surface area contributed by atoms with E-state index in [1.807, 2.05) is 6.92 Å². The second kappa shape index (κ2) is 5.46. The van der Waals surface area contributed by atoms with E-state index in [-0.39, 0.29) is 16.3 Å². The zero-order valence-electron chi connectivity index (χ0n) is 11.2. The zero-order chi connectivity index (χ0) is 14.8. The highest BCUT2D eigenvalue weighted by atomic mass is 32.2. The third-order valence-electron chi connectivity index (χ3n) is 2.73. The molecule has 20 heavy (non-hydrogen) atoms. The van der Waals surface area contributed by atoms with Crippen molar-refractivity contribution in [3.8, 4) is 0 Å². The maximum Gasteiger partial charge on any atom is 0.276 e. The molecule has 1 N–H and O–H groups in total. The monoisotopic (exact) mass is 293 g/mol. The topological polar surface area (TPSA) is 81.1 Å². The number of aromatic nitrogens is 2. The molecule has 1 aromatic carbocycles. The maximum atomic E-state index is 12.0. The van der Waals surface area contributed by atoms with E-state index in [1.54, 1.807) is 35.1 Å². The van der Waals surface area contributed by atoms with Gasteiger partial charge in [0.2, 0.25) is 0 Å². The van der Waals surface area contributed by atoms with E-state index in [9.17, 15) is 13.2 Å². The van der Waals surface area contributed by atoms with Gasteiger partial charge in [-0.15, -0.1) is 0 Å². The van der Waals surface area contributed by atoms with Crippen LogP contribution in [0.15, 0.2) is 41.4 Å². The Morgan fingerprint density at radius 1 is 1.30 bits per heavy atom. The molecule has 0 saturated heterocycles. The number of rotatable bonds is 4. The fourth-order valence-electron chi connectivity index (χ4n) is 1.74. The largest absolute Gasteiger partial charge is 0.319 e. The predicted octanol–water partition coefficient (Wildman–Crippen LogP) is 1.56. The normalized spacial score (nSPS) is 11.3. The molecule has 0 saturated carbocycles. The molecular formula is C13H15N3O3S. The Balaban J connectivity index is 2.29. The molecule has 0 spiro atoms. The standard InChI is InChI=1S/C13H15N3O3S/c1-3-16-9-8-11(15-16)13(17)14-10-6-4-5-7-12(10)20(2,18)19/h4-9H,3H2,1-2H3,(H,14,17). The number of aryl methyl sites for hydroxylation is 1. The van der Waals surface area contributed by atoms with E-state index in [4.69, 9.17) is 0 Å². The minimum absolute atomic E-state index is 0.0864. The number of nitrogens with one attached hydrogen (secondary N) is 1. The van der Waals surface area contributed by atoms with Gasteiger partial charge in [0, 0.05) is 19.0 Å². The summed E-state index contributed by atoms with van der Waals surface area (Å²) in [5.41, 5.74) is 0.501. The molecule has 2 rings (SSSR count). The smallest absolute Gasteiger partial charge is 0.276 e. The quantitative estimate of drug-likeness (QED) is 0.927. The number of nitrogens with zero attached hydrogens (tertiary/aromatic N) is 2. The molecule has 0 atom stereocenters. The highest BCUT2D eigenvalue weighted by Gasteiger charge is 2.16. The van der Waals surface area contributed by atoms with Crippen molar-refractivity contribution in [2.75, 3.05) is 11.6 Å². The van der Waals surface area contributed by atoms with Crippen LogP contribution in [-0.2, 0) is 16.4 Å². The van der Waals surface area contributed by atoms with Crippen LogP contribution >= 0.6 is 0 Å². The highest BCUT2D eigenvalue weighted by Crippen LogP contribution is 2.21. The number of benzene rings is 1. The van der Waals surface area contributed by atoms with Crippen molar-refractivity contribution >= 4 is 21.4 Å². The molecular weight excluding hydrogens is 278 g/mol. The van der Waals surface area contributed by atoms with Crippen LogP contribution < -0.4 is 5.32 Å². The summed E-state index contributed by atoms with van der Waals surface area (Å²) in [7, 11) is -3.40. The molecule has 0 unspecified atom stereocenters. The Bertz CT molecular complexity index is 735. The van der Waals surface area contributed by atoms with E-state index in [1.165, 1.54) is 6.07 Å². The van der Waals surface area contributed by atoms with Crippen LogP contribution in [0, 0.1) is 0 Å². The van der Waals surface area contributed by atoms with Gasteiger partial charge in [0.15, 0.2) is 15.5 Å². The van der Waals surface area contributed by atoms with Crippen molar-refractivity contribution in [3.63, 3.8) is 0 Å². The van der Waals surface area contributed by atoms with Gasteiger partial charge < -0.3 is 5.32 Å². The lowest BCUT2D eigenvalue weighted by Gasteiger charge is -2.08. The van der Waals surface area contributed by atoms with Crippen LogP contribution in [0.1, 0.15) is 17.4 Å². The Morgan fingerprint density at radius 3 is 2.60 bits per heavy atom. The summed E-state index contributed by atoms with van der Waals surface area (Å²) < 4.78 is 24.9. The molecule has 1 heterocycles. The minimum Gasteiger partial charge on any atom is -0.319 e. The van der Waals surface area contributed by atoms with Crippen molar-refractivity contribution in [1.29, 1.82) is 0 Å². The molecule has 0 fully saturated rings. The van der Waals surface area contributed by atoms with Crippen molar-refractivity contribution in [2.24, 2.45) is 0 Å². The van der Waals surface area contributed by atoms with Crippen LogP contribution in [0.5, 0.6) is 0 Å². The Kier molecular flexibility index (Phi) is 3.89. The summed E-state index contributed by atoms with van der Waals surface area (Å²) in [4.78, 5) is 12.1. The maximum absolute atomic E-state index is 12.0. The van der Waals surface area contributed by atoms with Gasteiger partial charge in [-0.05, 0) is 25.1 Å². The Labute approximate surface area is 117 Å². The molecule has 0 aliphatic carbocycles. The van der Waals surface area contributed by atoms with Gasteiger partial charge in [0.25, 0.3) is 5.91 Å². The molecule has 1 aromatic heterocycles. The molecule has 0 bridgehead atoms. The second-order valence-corrected chi connectivity index (χ2v) is 6.26. The third-order valence-corrected chi connectivity index (χ3v) is 3.89. The minimum atomic E-state index is -3.40. The first-order valence-corrected chi connectivity index (χ1v) is 7.95. The summed E-state index contributed by atoms with van der Waals surface area (Å²) >= 11 is 0. The summed E-state index contributed by atoms with van der Waals surface area (Å²) in [6, 6.07) is 7.86. The molecule has 0 radical (unpaired) electrons. The van der Waals surface area contributed by atoms with Crippen molar-refractivity contribution < 1.29 is 13.2 Å². The fraction of sp³-hybridized carbons (Fsp3) is 0.231. The number of carbonyl (C=O) groups is 1. The van der Waals surface area contributed by atoms with Crippen molar-refractivity contribution in [2.45, 2.75) is 18.4 Å². The van der Waals surface area contributed by atoms with Crippen LogP contribution in [0.4, 0.5) is 5.69 Å². The van der Waals surface area contributed by atoms with Crippen molar-refractivity contribution in [3.05, 3.63) is 42.2 Å². The zero-order valence-corrected chi connectivity index (χ0v) is 12.0. The lowest BCUT2D eigenvalue weighted by molar-refractivity contribution is 0.102. The summed E-state index contributed by atoms with van der Waals surface area (Å²) in [5.74, 6) is -0.437. The summed E-state index contributed by atoms with van der Waals surface area (Å²) in [6.07, 6.45) is 2.79. The molecule has 7 heteroatoms. The van der Waals surface area contributed by atoms with Gasteiger partial charge in [-0.3, -0.25) is 9.48 Å². The van der Waals surface area contributed by atoms with E-state index in [0.29, 0.717) is 6.54 Å². The Hall–Kier alpha value is -2.15. The van der Waals surface area contributed by atoms with Gasteiger partial charge in [0.1, 0.15) is 0 Å². The first kappa shape index (κ1) is 14.3. The molecule has 106 valence electrons. The van der Waals surface area contributed by atoms with Crippen LogP contribution in [0.25, 0.3) is 0 Å². The number of anilines is 1. The lowest BCUT2D eigenvalue weighted by Crippen LogP contribution is -2.15. The van der Waals surface area contributed by atoms with Gasteiger partial charge in [-0.1, -0.05) is 12.1 Å². The summed E-state index contributed by atoms with van der Waals surface area (Å²) in [6.45, 7) is 2.57. The number of hydrogen-bond acceptors (Lipinski definition) is 4. The molecule has 1 amide bonds. The van der Waals surface area contributed by atoms with Crippen LogP contribution in [0.2, 0.25) is 0 Å². The van der Waals surface area contributed by atoms with Gasteiger partial charge in [-0.2, -0.15) is 5.10 Å². The average molecular weight is 293 g/mol. The van der Waals surface area contributed by atoms with Gasteiger partial charge in [-0.25, -0.2) is 8.42 Å². The van der Waals surface area contributed by atoms with Crippen LogP contribution in [-0.4, -0.2) is 30.4 Å². The molecule has 2 aromatic rings. The van der Waals surface area contributed by atoms with E-state index in [2.05, 4.69) is 10.4 Å². The van der Waals surface area contributed by atoms with Gasteiger partial charge >= 0.3 is 0 Å². The SMILES string of the molecule is CCn1ccc(C(=O)Nc2ccccc2S(C)(=O)=O)n1. The van der Waals surface area contributed by atoms with Gasteiger partial charge in [0.05, 0.1) is 10.6 Å². The number of amides is 1. The molecule has 0 aliphatic heterocycles. The third kappa shape index (κ3) is 3.05. The predicted molar refractivity (Wildman–Crippen MR) is 75.4 cm³/mol. The van der Waals surface area contributed by atoms with E-state index >= 15 is 0 Å². The van der Waals surface area contributed by atoms with E-state index < -0.39 is 15.7 Å². The Morgan fingerprint density at radius 2 is 2.00 bits per heavy atom. The second-order valence-electron chi connectivity index (χ2n) is 4.28. The fourth-order valence-corrected chi connectivity index (χ4v) is 2.58. The number of para-hydroxylation sites is 1. The van der Waals surface area contributed by atoms with E-state index in [0.717, 1.165) is 6.26 Å². The highest BCUT2D eigenvalue weighted by molar-refractivity contribution is 7.90.